The van der Waals surface area contributed by atoms with Crippen molar-refractivity contribution < 1.29 is 27.1 Å². The summed E-state index contributed by atoms with van der Waals surface area (Å²) in [6.07, 6.45) is 1.93. The molecular weight excluding hydrogens is 407 g/mol. The van der Waals surface area contributed by atoms with Crippen LogP contribution in [-0.4, -0.2) is 51.1 Å². The lowest BCUT2D eigenvalue weighted by Crippen LogP contribution is -2.34. The van der Waals surface area contributed by atoms with Crippen LogP contribution in [0.1, 0.15) is 0 Å². The molecule has 2 aromatic rings. The minimum Gasteiger partial charge on any atom is -0.455 e. The van der Waals surface area contributed by atoms with Gasteiger partial charge >= 0.3 is 5.97 Å². The van der Waals surface area contributed by atoms with Crippen LogP contribution in [0.2, 0.25) is 0 Å². The summed E-state index contributed by atoms with van der Waals surface area (Å²) in [5, 5.41) is 2.57. The summed E-state index contributed by atoms with van der Waals surface area (Å²) in [6, 6.07) is 11.3. The van der Waals surface area contributed by atoms with Crippen molar-refractivity contribution >= 4 is 39.3 Å². The van der Waals surface area contributed by atoms with Gasteiger partial charge in [0.2, 0.25) is 10.0 Å². The number of carbonyl (C=O) groups is 2. The first kappa shape index (κ1) is 21.9. The monoisotopic (exact) mass is 426 g/mol. The molecule has 0 heterocycles. The van der Waals surface area contributed by atoms with E-state index >= 15 is 0 Å². The van der Waals surface area contributed by atoms with E-state index in [0.29, 0.717) is 5.69 Å². The van der Waals surface area contributed by atoms with E-state index in [0.717, 1.165) is 33.5 Å². The lowest BCUT2D eigenvalue weighted by atomic mass is 10.3. The quantitative estimate of drug-likeness (QED) is 0.515. The SMILES string of the molecule is CSc1ccc(NC(=O)COC(=O)CN(C)S(=O)(=O)c2ccc(F)cc2)cc1. The molecule has 0 saturated carbocycles. The van der Waals surface area contributed by atoms with Crippen molar-refractivity contribution in [2.75, 3.05) is 31.8 Å². The molecule has 0 aliphatic carbocycles. The topological polar surface area (TPSA) is 92.8 Å². The number of likely N-dealkylation sites (N-methyl/N-ethyl adjacent to an activating group) is 1. The van der Waals surface area contributed by atoms with Crippen molar-refractivity contribution in [3.8, 4) is 0 Å². The molecule has 0 saturated heterocycles. The van der Waals surface area contributed by atoms with E-state index in [1.807, 2.05) is 18.4 Å². The zero-order valence-electron chi connectivity index (χ0n) is 15.2. The number of nitrogens with one attached hydrogen (secondary N) is 1. The van der Waals surface area contributed by atoms with Crippen molar-refractivity contribution in [2.45, 2.75) is 9.79 Å². The number of amides is 1. The van der Waals surface area contributed by atoms with Crippen LogP contribution in [0, 0.1) is 5.82 Å². The van der Waals surface area contributed by atoms with Gasteiger partial charge in [0.15, 0.2) is 6.61 Å². The second kappa shape index (κ2) is 9.67. The molecular formula is C18H19FN2O5S2. The summed E-state index contributed by atoms with van der Waals surface area (Å²) in [6.45, 7) is -1.14. The third-order valence-electron chi connectivity index (χ3n) is 3.61. The number of carbonyl (C=O) groups excluding carboxylic acids is 2. The molecule has 150 valence electrons. The summed E-state index contributed by atoms with van der Waals surface area (Å²) in [5.74, 6) is -2.01. The zero-order chi connectivity index (χ0) is 20.7. The van der Waals surface area contributed by atoms with Crippen molar-refractivity contribution in [3.63, 3.8) is 0 Å². The Hall–Kier alpha value is -2.43. The van der Waals surface area contributed by atoms with Gasteiger partial charge in [-0.3, -0.25) is 9.59 Å². The Labute approximate surface area is 166 Å². The van der Waals surface area contributed by atoms with Gasteiger partial charge in [-0.05, 0) is 54.8 Å². The Kier molecular flexibility index (Phi) is 7.55. The predicted octanol–water partition coefficient (Wildman–Crippen LogP) is 2.35. The van der Waals surface area contributed by atoms with Gasteiger partial charge in [-0.1, -0.05) is 0 Å². The van der Waals surface area contributed by atoms with Crippen molar-refractivity contribution in [1.82, 2.24) is 4.31 Å². The highest BCUT2D eigenvalue weighted by atomic mass is 32.2. The van der Waals surface area contributed by atoms with E-state index in [4.69, 9.17) is 4.74 Å². The maximum atomic E-state index is 12.9. The maximum Gasteiger partial charge on any atom is 0.321 e. The number of halogens is 1. The highest BCUT2D eigenvalue weighted by Gasteiger charge is 2.24. The number of esters is 1. The molecule has 10 heteroatoms. The number of ether oxygens (including phenoxy) is 1. The highest BCUT2D eigenvalue weighted by Crippen LogP contribution is 2.17. The van der Waals surface area contributed by atoms with Gasteiger partial charge in [-0.2, -0.15) is 4.31 Å². The molecule has 2 rings (SSSR count). The molecule has 0 unspecified atom stereocenters. The van der Waals surface area contributed by atoms with Gasteiger partial charge in [-0.15, -0.1) is 11.8 Å². The number of anilines is 1. The third kappa shape index (κ3) is 6.04. The molecule has 7 nitrogen and oxygen atoms in total. The Balaban J connectivity index is 1.85. The summed E-state index contributed by atoms with van der Waals surface area (Å²) in [5.41, 5.74) is 0.551. The van der Waals surface area contributed by atoms with E-state index in [1.165, 1.54) is 7.05 Å². The summed E-state index contributed by atoms with van der Waals surface area (Å²) >= 11 is 1.56. The Morgan fingerprint density at radius 3 is 2.29 bits per heavy atom. The predicted molar refractivity (Wildman–Crippen MR) is 104 cm³/mol. The average molecular weight is 426 g/mol. The zero-order valence-corrected chi connectivity index (χ0v) is 16.8. The van der Waals surface area contributed by atoms with Crippen LogP contribution >= 0.6 is 11.8 Å². The average Bonchev–Trinajstić information content (AvgIpc) is 2.67. The Morgan fingerprint density at radius 1 is 1.11 bits per heavy atom. The van der Waals surface area contributed by atoms with E-state index in [9.17, 15) is 22.4 Å². The third-order valence-corrected chi connectivity index (χ3v) is 6.17. The standard InChI is InChI=1S/C18H19FN2O5S2/c1-21(28(24,25)16-9-3-13(19)4-10-16)11-18(23)26-12-17(22)20-14-5-7-15(27-2)8-6-14/h3-10H,11-12H2,1-2H3,(H,20,22). The molecule has 0 fully saturated rings. The molecule has 2 aromatic carbocycles. The molecule has 1 amide bonds. The molecule has 0 aliphatic rings. The first-order chi connectivity index (χ1) is 13.2. The van der Waals surface area contributed by atoms with Crippen molar-refractivity contribution in [3.05, 3.63) is 54.3 Å². The first-order valence-corrected chi connectivity index (χ1v) is 10.7. The van der Waals surface area contributed by atoms with Crippen LogP contribution in [0.15, 0.2) is 58.3 Å². The minimum absolute atomic E-state index is 0.157. The summed E-state index contributed by atoms with van der Waals surface area (Å²) in [7, 11) is -2.79. The number of benzene rings is 2. The highest BCUT2D eigenvalue weighted by molar-refractivity contribution is 7.98. The molecule has 0 bridgehead atoms. The number of thioether (sulfide) groups is 1. The summed E-state index contributed by atoms with van der Waals surface area (Å²) < 4.78 is 43.2. The lowest BCUT2D eigenvalue weighted by molar-refractivity contribution is -0.147. The number of hydrogen-bond donors (Lipinski definition) is 1. The Bertz CT molecular complexity index is 931. The van der Waals surface area contributed by atoms with E-state index < -0.39 is 40.9 Å². The second-order valence-corrected chi connectivity index (χ2v) is 8.58. The Morgan fingerprint density at radius 2 is 1.71 bits per heavy atom. The largest absolute Gasteiger partial charge is 0.455 e. The van der Waals surface area contributed by atoms with Crippen LogP contribution in [-0.2, 0) is 24.3 Å². The normalized spacial score (nSPS) is 11.3. The van der Waals surface area contributed by atoms with Crippen molar-refractivity contribution in [2.24, 2.45) is 0 Å². The maximum absolute atomic E-state index is 12.9. The summed E-state index contributed by atoms with van der Waals surface area (Å²) in [4.78, 5) is 24.6. The van der Waals surface area contributed by atoms with Crippen LogP contribution in [0.25, 0.3) is 0 Å². The number of hydrogen-bond acceptors (Lipinski definition) is 6. The number of rotatable bonds is 8. The van der Waals surface area contributed by atoms with Crippen LogP contribution < -0.4 is 5.32 Å². The second-order valence-electron chi connectivity index (χ2n) is 5.65. The van der Waals surface area contributed by atoms with Crippen molar-refractivity contribution in [1.29, 1.82) is 0 Å². The molecule has 0 spiro atoms. The number of nitrogens with zero attached hydrogens (tertiary/aromatic N) is 1. The minimum atomic E-state index is -3.98. The van der Waals surface area contributed by atoms with Gasteiger partial charge in [0.25, 0.3) is 5.91 Å². The number of sulfonamides is 1. The molecule has 28 heavy (non-hydrogen) atoms. The van der Waals surface area contributed by atoms with Crippen LogP contribution in [0.3, 0.4) is 0 Å². The van der Waals surface area contributed by atoms with E-state index in [-0.39, 0.29) is 4.90 Å². The van der Waals surface area contributed by atoms with Gasteiger partial charge in [0.05, 0.1) is 4.90 Å². The van der Waals surface area contributed by atoms with Gasteiger partial charge in [0, 0.05) is 17.6 Å². The van der Waals surface area contributed by atoms with Gasteiger partial charge in [0.1, 0.15) is 12.4 Å². The van der Waals surface area contributed by atoms with E-state index in [2.05, 4.69) is 5.32 Å². The first-order valence-electron chi connectivity index (χ1n) is 8.04. The fourth-order valence-corrected chi connectivity index (χ4v) is 3.64. The fourth-order valence-electron chi connectivity index (χ4n) is 2.12. The van der Waals surface area contributed by atoms with Crippen LogP contribution in [0.4, 0.5) is 10.1 Å². The fraction of sp³-hybridized carbons (Fsp3) is 0.222. The molecule has 1 N–H and O–H groups in total. The van der Waals surface area contributed by atoms with E-state index in [1.54, 1.807) is 23.9 Å². The molecule has 0 aromatic heterocycles. The lowest BCUT2D eigenvalue weighted by Gasteiger charge is -2.16. The molecule has 0 aliphatic heterocycles. The van der Waals surface area contributed by atoms with Gasteiger partial charge in [-0.25, -0.2) is 12.8 Å². The smallest absolute Gasteiger partial charge is 0.321 e. The van der Waals surface area contributed by atoms with Gasteiger partial charge < -0.3 is 10.1 Å². The van der Waals surface area contributed by atoms with Crippen LogP contribution in [0.5, 0.6) is 0 Å². The molecule has 0 radical (unpaired) electrons. The molecule has 0 atom stereocenters.